The summed E-state index contributed by atoms with van der Waals surface area (Å²) in [5.74, 6) is -0.259. The molecule has 9 heteroatoms. The van der Waals surface area contributed by atoms with Gasteiger partial charge in [-0.1, -0.05) is 35.3 Å². The van der Waals surface area contributed by atoms with Crippen LogP contribution in [0.4, 0.5) is 5.69 Å². The van der Waals surface area contributed by atoms with E-state index in [1.807, 2.05) is 0 Å². The maximum absolute atomic E-state index is 12.7. The van der Waals surface area contributed by atoms with E-state index in [4.69, 9.17) is 27.9 Å². The Hall–Kier alpha value is -1.64. The molecule has 0 radical (unpaired) electrons. The maximum atomic E-state index is 12.7. The van der Waals surface area contributed by atoms with E-state index in [1.165, 1.54) is 16.4 Å². The third kappa shape index (κ3) is 4.80. The smallest absolute Gasteiger partial charge is 0.243 e. The van der Waals surface area contributed by atoms with Crippen LogP contribution in [-0.4, -0.2) is 51.4 Å². The molecule has 0 bridgehead atoms. The Kier molecular flexibility index (Phi) is 6.39. The number of Topliss-reactive ketones (excluding diaryl/α,β-unsaturated/α-hetero) is 1. The highest BCUT2D eigenvalue weighted by atomic mass is 35.5. The number of carbonyl (C=O) groups excluding carboxylic acids is 1. The molecule has 3 rings (SSSR count). The van der Waals surface area contributed by atoms with Gasteiger partial charge < -0.3 is 10.1 Å². The average molecular weight is 429 g/mol. The fraction of sp³-hybridized carbons (Fsp3) is 0.278. The molecule has 1 N–H and O–H groups in total. The number of sulfonamides is 1. The molecule has 2 aromatic rings. The van der Waals surface area contributed by atoms with Crippen LogP contribution in [0.5, 0.6) is 0 Å². The van der Waals surface area contributed by atoms with Gasteiger partial charge in [0.25, 0.3) is 0 Å². The van der Waals surface area contributed by atoms with Crippen molar-refractivity contribution >= 4 is 44.7 Å². The Balaban J connectivity index is 1.74. The lowest BCUT2D eigenvalue weighted by Crippen LogP contribution is -2.40. The average Bonchev–Trinajstić information content (AvgIpc) is 2.69. The van der Waals surface area contributed by atoms with Crippen LogP contribution in [0.25, 0.3) is 0 Å². The summed E-state index contributed by atoms with van der Waals surface area (Å²) in [6.45, 7) is 1.29. The molecule has 0 saturated carbocycles. The molecule has 6 nitrogen and oxygen atoms in total. The summed E-state index contributed by atoms with van der Waals surface area (Å²) in [6, 6.07) is 10.9. The fourth-order valence-electron chi connectivity index (χ4n) is 2.68. The van der Waals surface area contributed by atoms with Crippen molar-refractivity contribution in [1.82, 2.24) is 4.31 Å². The van der Waals surface area contributed by atoms with Crippen molar-refractivity contribution in [3.05, 3.63) is 58.1 Å². The molecule has 1 saturated heterocycles. The maximum Gasteiger partial charge on any atom is 0.243 e. The fourth-order valence-corrected chi connectivity index (χ4v) is 4.49. The highest BCUT2D eigenvalue weighted by Gasteiger charge is 2.26. The van der Waals surface area contributed by atoms with Gasteiger partial charge in [0.1, 0.15) is 0 Å². The minimum absolute atomic E-state index is 0.0406. The number of hydrogen-bond donors (Lipinski definition) is 1. The molecule has 1 aliphatic heterocycles. The van der Waals surface area contributed by atoms with E-state index >= 15 is 0 Å². The molecule has 1 aliphatic rings. The normalized spacial score (nSPS) is 15.5. The van der Waals surface area contributed by atoms with E-state index < -0.39 is 10.0 Å². The molecular formula is C18H18Cl2N2O4S. The molecule has 0 atom stereocenters. The van der Waals surface area contributed by atoms with Gasteiger partial charge in [0.2, 0.25) is 10.0 Å². The van der Waals surface area contributed by atoms with Gasteiger partial charge in [0.05, 0.1) is 35.4 Å². The number of benzene rings is 2. The third-order valence-electron chi connectivity index (χ3n) is 4.13. The van der Waals surface area contributed by atoms with Gasteiger partial charge in [-0.15, -0.1) is 0 Å². The monoisotopic (exact) mass is 428 g/mol. The molecule has 2 aromatic carbocycles. The standard InChI is InChI=1S/C18H18Cl2N2O4S/c19-14-4-5-16(20)17(11-14)21-12-18(23)13-2-1-3-15(10-13)27(24,25)22-6-8-26-9-7-22/h1-5,10-11,21H,6-9,12H2. The van der Waals surface area contributed by atoms with Crippen LogP contribution < -0.4 is 5.32 Å². The van der Waals surface area contributed by atoms with E-state index in [0.29, 0.717) is 47.6 Å². The van der Waals surface area contributed by atoms with Gasteiger partial charge in [-0.2, -0.15) is 4.31 Å². The van der Waals surface area contributed by atoms with Gasteiger partial charge in [0.15, 0.2) is 5.78 Å². The minimum Gasteiger partial charge on any atom is -0.379 e. The summed E-state index contributed by atoms with van der Waals surface area (Å²) in [5, 5.41) is 3.87. The summed E-state index contributed by atoms with van der Waals surface area (Å²) in [5.41, 5.74) is 0.838. The van der Waals surface area contributed by atoms with E-state index in [1.54, 1.807) is 30.3 Å². The van der Waals surface area contributed by atoms with Crippen molar-refractivity contribution in [2.24, 2.45) is 0 Å². The van der Waals surface area contributed by atoms with Crippen molar-refractivity contribution in [2.45, 2.75) is 4.90 Å². The number of hydrogen-bond acceptors (Lipinski definition) is 5. The van der Waals surface area contributed by atoms with Crippen molar-refractivity contribution in [1.29, 1.82) is 0 Å². The first-order valence-electron chi connectivity index (χ1n) is 8.28. The lowest BCUT2D eigenvalue weighted by atomic mass is 10.1. The largest absolute Gasteiger partial charge is 0.379 e. The zero-order chi connectivity index (χ0) is 19.4. The zero-order valence-corrected chi connectivity index (χ0v) is 16.6. The molecule has 27 heavy (non-hydrogen) atoms. The summed E-state index contributed by atoms with van der Waals surface area (Å²) in [4.78, 5) is 12.6. The Bertz CT molecular complexity index is 944. The predicted octanol–water partition coefficient (Wildman–Crippen LogP) is 3.31. The third-order valence-corrected chi connectivity index (χ3v) is 6.59. The first kappa shape index (κ1) is 20.1. The van der Waals surface area contributed by atoms with Crippen molar-refractivity contribution in [2.75, 3.05) is 38.2 Å². The minimum atomic E-state index is -3.66. The number of nitrogens with zero attached hydrogens (tertiary/aromatic N) is 1. The van der Waals surface area contributed by atoms with Crippen molar-refractivity contribution in [3.8, 4) is 0 Å². The number of anilines is 1. The zero-order valence-electron chi connectivity index (χ0n) is 14.3. The highest BCUT2D eigenvalue weighted by Crippen LogP contribution is 2.25. The Morgan fingerprint density at radius 3 is 2.59 bits per heavy atom. The first-order chi connectivity index (χ1) is 12.9. The molecule has 0 amide bonds. The Morgan fingerprint density at radius 2 is 1.85 bits per heavy atom. The molecule has 144 valence electrons. The van der Waals surface area contributed by atoms with Crippen LogP contribution in [0, 0.1) is 0 Å². The second kappa shape index (κ2) is 8.58. The topological polar surface area (TPSA) is 75.7 Å². The SMILES string of the molecule is O=C(CNc1cc(Cl)ccc1Cl)c1cccc(S(=O)(=O)N2CCOCC2)c1. The molecule has 1 heterocycles. The van der Waals surface area contributed by atoms with Crippen molar-refractivity contribution in [3.63, 3.8) is 0 Å². The van der Waals surface area contributed by atoms with Crippen LogP contribution in [0.2, 0.25) is 10.0 Å². The van der Waals surface area contributed by atoms with Gasteiger partial charge in [-0.25, -0.2) is 8.42 Å². The van der Waals surface area contributed by atoms with Crippen LogP contribution in [0.1, 0.15) is 10.4 Å². The van der Waals surface area contributed by atoms with Crippen molar-refractivity contribution < 1.29 is 17.9 Å². The number of morpholine rings is 1. The number of carbonyl (C=O) groups is 1. The second-order valence-electron chi connectivity index (χ2n) is 5.95. The van der Waals surface area contributed by atoms with Crippen LogP contribution in [-0.2, 0) is 14.8 Å². The molecule has 0 aliphatic carbocycles. The number of halogens is 2. The van der Waals surface area contributed by atoms with Gasteiger partial charge in [0, 0.05) is 23.7 Å². The van der Waals surface area contributed by atoms with Gasteiger partial charge >= 0.3 is 0 Å². The van der Waals surface area contributed by atoms with E-state index in [2.05, 4.69) is 5.32 Å². The number of ketones is 1. The summed E-state index contributed by atoms with van der Waals surface area (Å²) < 4.78 is 32.0. The number of rotatable bonds is 6. The van der Waals surface area contributed by atoms with Crippen LogP contribution in [0.3, 0.4) is 0 Å². The summed E-state index contributed by atoms with van der Waals surface area (Å²) in [7, 11) is -3.66. The van der Waals surface area contributed by atoms with E-state index in [9.17, 15) is 13.2 Å². The van der Waals surface area contributed by atoms with Gasteiger partial charge in [-0.05, 0) is 30.3 Å². The van der Waals surface area contributed by atoms with Crippen LogP contribution in [0.15, 0.2) is 47.4 Å². The Morgan fingerprint density at radius 1 is 1.11 bits per heavy atom. The number of nitrogens with one attached hydrogen (secondary N) is 1. The molecule has 0 aromatic heterocycles. The van der Waals surface area contributed by atoms with Crippen LogP contribution >= 0.6 is 23.2 Å². The van der Waals surface area contributed by atoms with Gasteiger partial charge in [-0.3, -0.25) is 4.79 Å². The van der Waals surface area contributed by atoms with E-state index in [0.717, 1.165) is 0 Å². The lowest BCUT2D eigenvalue weighted by molar-refractivity contribution is 0.0730. The summed E-state index contributed by atoms with van der Waals surface area (Å²) in [6.07, 6.45) is 0. The predicted molar refractivity (Wildman–Crippen MR) is 105 cm³/mol. The molecule has 0 spiro atoms. The highest BCUT2D eigenvalue weighted by molar-refractivity contribution is 7.89. The summed E-state index contributed by atoms with van der Waals surface area (Å²) >= 11 is 12.0. The Labute approximate surface area is 168 Å². The number of ether oxygens (including phenoxy) is 1. The molecular weight excluding hydrogens is 411 g/mol. The lowest BCUT2D eigenvalue weighted by Gasteiger charge is -2.26. The molecule has 1 fully saturated rings. The second-order valence-corrected chi connectivity index (χ2v) is 8.73. The first-order valence-corrected chi connectivity index (χ1v) is 10.5. The molecule has 0 unspecified atom stereocenters. The van der Waals surface area contributed by atoms with E-state index in [-0.39, 0.29) is 17.2 Å². The quantitative estimate of drug-likeness (QED) is 0.714.